The summed E-state index contributed by atoms with van der Waals surface area (Å²) in [7, 11) is 0. The number of phenolic OH excluding ortho intramolecular Hbond substituents is 1. The largest absolute Gasteiger partial charge is 0.507 e. The lowest BCUT2D eigenvalue weighted by Crippen LogP contribution is -2.13. The van der Waals surface area contributed by atoms with Gasteiger partial charge in [-0.05, 0) is 25.1 Å². The van der Waals surface area contributed by atoms with E-state index in [2.05, 4.69) is 10.5 Å². The summed E-state index contributed by atoms with van der Waals surface area (Å²) < 4.78 is 0. The van der Waals surface area contributed by atoms with E-state index in [1.807, 2.05) is 31.3 Å². The first kappa shape index (κ1) is 9.58. The van der Waals surface area contributed by atoms with Crippen LogP contribution in [0.3, 0.4) is 0 Å². The van der Waals surface area contributed by atoms with Crippen LogP contribution in [0, 0.1) is 0 Å². The summed E-state index contributed by atoms with van der Waals surface area (Å²) in [6.07, 6.45) is 1.82. The van der Waals surface area contributed by atoms with E-state index in [1.54, 1.807) is 16.9 Å². The van der Waals surface area contributed by atoms with Crippen molar-refractivity contribution in [2.75, 3.05) is 12.0 Å². The van der Waals surface area contributed by atoms with Crippen molar-refractivity contribution in [2.45, 2.75) is 6.92 Å². The van der Waals surface area contributed by atoms with Gasteiger partial charge in [-0.2, -0.15) is 9.89 Å². The maximum atomic E-state index is 9.63. The van der Waals surface area contributed by atoms with E-state index >= 15 is 0 Å². The van der Waals surface area contributed by atoms with E-state index in [0.29, 0.717) is 0 Å². The summed E-state index contributed by atoms with van der Waals surface area (Å²) in [4.78, 5) is 1.64. The number of para-hydroxylation sites is 1. The molecule has 0 saturated heterocycles. The van der Waals surface area contributed by atoms with Gasteiger partial charge in [-0.15, -0.1) is 0 Å². The standard InChI is InChI=1S/C11H13N3O/c1-2-12-14-8-7-10(13-14)9-5-3-4-6-11(9)15/h3-8,12,15H,2H2,1H3. The molecule has 0 fully saturated rings. The van der Waals surface area contributed by atoms with Crippen LogP contribution in [0.4, 0.5) is 0 Å². The third-order valence-corrected chi connectivity index (χ3v) is 2.09. The topological polar surface area (TPSA) is 50.1 Å². The SMILES string of the molecule is CCNn1ccc(-c2ccccc2O)n1. The maximum absolute atomic E-state index is 9.63. The van der Waals surface area contributed by atoms with Gasteiger partial charge in [0.25, 0.3) is 0 Å². The number of phenols is 1. The molecule has 4 nitrogen and oxygen atoms in total. The van der Waals surface area contributed by atoms with Crippen LogP contribution in [0.2, 0.25) is 0 Å². The molecule has 0 amide bonds. The van der Waals surface area contributed by atoms with Crippen molar-refractivity contribution in [3.63, 3.8) is 0 Å². The van der Waals surface area contributed by atoms with Gasteiger partial charge in [0.15, 0.2) is 0 Å². The quantitative estimate of drug-likeness (QED) is 0.800. The number of benzene rings is 1. The molecule has 2 N–H and O–H groups in total. The lowest BCUT2D eigenvalue weighted by atomic mass is 10.1. The molecule has 0 bridgehead atoms. The van der Waals surface area contributed by atoms with Crippen LogP contribution < -0.4 is 5.43 Å². The number of hydrogen-bond donors (Lipinski definition) is 2. The molecule has 1 aromatic heterocycles. The molecule has 4 heteroatoms. The number of nitrogens with one attached hydrogen (secondary N) is 1. The molecule has 78 valence electrons. The maximum Gasteiger partial charge on any atom is 0.125 e. The number of rotatable bonds is 3. The minimum absolute atomic E-state index is 0.249. The van der Waals surface area contributed by atoms with Crippen LogP contribution in [-0.2, 0) is 0 Å². The highest BCUT2D eigenvalue weighted by atomic mass is 16.3. The van der Waals surface area contributed by atoms with E-state index in [0.717, 1.165) is 17.8 Å². The predicted octanol–water partition coefficient (Wildman–Crippen LogP) is 1.82. The van der Waals surface area contributed by atoms with Gasteiger partial charge < -0.3 is 10.5 Å². The van der Waals surface area contributed by atoms with Crippen LogP contribution in [0.25, 0.3) is 11.3 Å². The van der Waals surface area contributed by atoms with Gasteiger partial charge >= 0.3 is 0 Å². The minimum atomic E-state index is 0.249. The van der Waals surface area contributed by atoms with E-state index in [9.17, 15) is 5.11 Å². The lowest BCUT2D eigenvalue weighted by Gasteiger charge is -2.02. The first-order valence-corrected chi connectivity index (χ1v) is 4.89. The molecule has 15 heavy (non-hydrogen) atoms. The Kier molecular flexibility index (Phi) is 2.58. The van der Waals surface area contributed by atoms with Crippen molar-refractivity contribution < 1.29 is 5.11 Å². The average molecular weight is 203 g/mol. The van der Waals surface area contributed by atoms with Gasteiger partial charge in [-0.1, -0.05) is 12.1 Å². The third kappa shape index (κ3) is 1.93. The first-order chi connectivity index (χ1) is 7.31. The Labute approximate surface area is 88.1 Å². The molecule has 2 rings (SSSR count). The van der Waals surface area contributed by atoms with E-state index in [-0.39, 0.29) is 5.75 Å². The van der Waals surface area contributed by atoms with Crippen LogP contribution in [-0.4, -0.2) is 21.5 Å². The van der Waals surface area contributed by atoms with Crippen LogP contribution in [0.1, 0.15) is 6.92 Å². The third-order valence-electron chi connectivity index (χ3n) is 2.09. The Hall–Kier alpha value is -1.97. The second-order valence-electron chi connectivity index (χ2n) is 3.17. The molecular formula is C11H13N3O. The fourth-order valence-electron chi connectivity index (χ4n) is 1.41. The molecule has 0 atom stereocenters. The highest BCUT2D eigenvalue weighted by Gasteiger charge is 2.05. The van der Waals surface area contributed by atoms with Crippen molar-refractivity contribution in [3.05, 3.63) is 36.5 Å². The van der Waals surface area contributed by atoms with Gasteiger partial charge in [0.05, 0.1) is 5.69 Å². The Bertz CT molecular complexity index is 451. The molecular weight excluding hydrogens is 190 g/mol. The van der Waals surface area contributed by atoms with Gasteiger partial charge in [0, 0.05) is 18.3 Å². The van der Waals surface area contributed by atoms with Crippen LogP contribution in [0.15, 0.2) is 36.5 Å². The van der Waals surface area contributed by atoms with Crippen molar-refractivity contribution in [2.24, 2.45) is 0 Å². The molecule has 0 unspecified atom stereocenters. The van der Waals surface area contributed by atoms with Crippen molar-refractivity contribution >= 4 is 0 Å². The van der Waals surface area contributed by atoms with Gasteiger partial charge in [-0.25, -0.2) is 0 Å². The highest BCUT2D eigenvalue weighted by molar-refractivity contribution is 5.65. The summed E-state index contributed by atoms with van der Waals surface area (Å²) in [5, 5.41) is 13.9. The smallest absolute Gasteiger partial charge is 0.125 e. The normalized spacial score (nSPS) is 10.2. The van der Waals surface area contributed by atoms with Crippen LogP contribution >= 0.6 is 0 Å². The fraction of sp³-hybridized carbons (Fsp3) is 0.182. The average Bonchev–Trinajstić information content (AvgIpc) is 2.68. The predicted molar refractivity (Wildman–Crippen MR) is 59.2 cm³/mol. The second-order valence-corrected chi connectivity index (χ2v) is 3.17. The number of aromatic hydroxyl groups is 1. The lowest BCUT2D eigenvalue weighted by molar-refractivity contribution is 0.477. The van der Waals surface area contributed by atoms with Gasteiger partial charge in [0.1, 0.15) is 5.75 Å². The Morgan fingerprint density at radius 2 is 2.13 bits per heavy atom. The summed E-state index contributed by atoms with van der Waals surface area (Å²) in [5.41, 5.74) is 4.54. The fourth-order valence-corrected chi connectivity index (χ4v) is 1.41. The molecule has 0 radical (unpaired) electrons. The molecule has 0 aliphatic heterocycles. The zero-order valence-corrected chi connectivity index (χ0v) is 8.51. The Morgan fingerprint density at radius 3 is 2.87 bits per heavy atom. The summed E-state index contributed by atoms with van der Waals surface area (Å²) >= 11 is 0. The number of nitrogens with zero attached hydrogens (tertiary/aromatic N) is 2. The van der Waals surface area contributed by atoms with E-state index < -0.39 is 0 Å². The molecule has 0 spiro atoms. The summed E-state index contributed by atoms with van der Waals surface area (Å²) in [6, 6.07) is 9.02. The summed E-state index contributed by atoms with van der Waals surface area (Å²) in [5.74, 6) is 0.249. The highest BCUT2D eigenvalue weighted by Crippen LogP contribution is 2.26. The minimum Gasteiger partial charge on any atom is -0.507 e. The van der Waals surface area contributed by atoms with Crippen molar-refractivity contribution in [1.29, 1.82) is 0 Å². The number of hydrogen-bond acceptors (Lipinski definition) is 3. The molecule has 0 saturated carbocycles. The van der Waals surface area contributed by atoms with Gasteiger partial charge in [0.2, 0.25) is 0 Å². The first-order valence-electron chi connectivity index (χ1n) is 4.89. The zero-order valence-electron chi connectivity index (χ0n) is 8.51. The van der Waals surface area contributed by atoms with Gasteiger partial charge in [-0.3, -0.25) is 0 Å². The molecule has 0 aliphatic rings. The van der Waals surface area contributed by atoms with Crippen molar-refractivity contribution in [1.82, 2.24) is 9.89 Å². The summed E-state index contributed by atoms with van der Waals surface area (Å²) in [6.45, 7) is 2.81. The zero-order chi connectivity index (χ0) is 10.7. The van der Waals surface area contributed by atoms with Crippen molar-refractivity contribution in [3.8, 4) is 17.0 Å². The number of aromatic nitrogens is 2. The monoisotopic (exact) mass is 203 g/mol. The Balaban J connectivity index is 2.33. The Morgan fingerprint density at radius 1 is 1.33 bits per heavy atom. The molecule has 2 aromatic rings. The molecule has 1 aromatic carbocycles. The van der Waals surface area contributed by atoms with E-state index in [4.69, 9.17) is 0 Å². The second kappa shape index (κ2) is 4.04. The van der Waals surface area contributed by atoms with Crippen LogP contribution in [0.5, 0.6) is 5.75 Å². The molecule has 1 heterocycles. The van der Waals surface area contributed by atoms with E-state index in [1.165, 1.54) is 0 Å². The molecule has 0 aliphatic carbocycles.